The van der Waals surface area contributed by atoms with Crippen molar-refractivity contribution in [2.45, 2.75) is 18.3 Å². The molecule has 390 valence electrons. The fraction of sp³-hybridized carbons (Fsp3) is 0.0833. The molecule has 9 nitrogen and oxygen atoms in total. The van der Waals surface area contributed by atoms with Crippen molar-refractivity contribution in [2.75, 3.05) is 14.7 Å². The second-order valence-corrected chi connectivity index (χ2v) is 21.0. The van der Waals surface area contributed by atoms with Gasteiger partial charge in [-0.2, -0.15) is 0 Å². The van der Waals surface area contributed by atoms with Gasteiger partial charge in [0.1, 0.15) is 35.1 Å². The summed E-state index contributed by atoms with van der Waals surface area (Å²) in [6, 6.07) is 68.9. The molecule has 81 heavy (non-hydrogen) atoms. The third kappa shape index (κ3) is 7.99. The number of hydrogen-bond acceptors (Lipinski definition) is 9. The number of fused-ring (bicyclic) bond motifs is 6. The van der Waals surface area contributed by atoms with Gasteiger partial charge in [-0.1, -0.05) is 200 Å². The van der Waals surface area contributed by atoms with Gasteiger partial charge in [0.05, 0.1) is 17.1 Å². The van der Waals surface area contributed by atoms with Crippen LogP contribution in [0.3, 0.4) is 0 Å². The lowest BCUT2D eigenvalue weighted by Crippen LogP contribution is -2.24. The fourth-order valence-corrected chi connectivity index (χ4v) is 12.4. The van der Waals surface area contributed by atoms with Gasteiger partial charge in [-0.3, -0.25) is 14.7 Å². The number of benzene rings is 7. The van der Waals surface area contributed by atoms with Crippen molar-refractivity contribution in [3.8, 4) is 0 Å². The maximum absolute atomic E-state index is 7.37. The van der Waals surface area contributed by atoms with Crippen LogP contribution in [0.2, 0.25) is 0 Å². The number of ether oxygens (including phenoxy) is 3. The Morgan fingerprint density at radius 3 is 0.840 bits per heavy atom. The monoisotopic (exact) mass is 1050 g/mol. The minimum absolute atomic E-state index is 0.106. The molecule has 0 spiro atoms. The first-order chi connectivity index (χ1) is 40.1. The number of nitrogens with zero attached hydrogens (tertiary/aromatic N) is 3. The molecule has 6 atom stereocenters. The van der Waals surface area contributed by atoms with Crippen molar-refractivity contribution in [3.63, 3.8) is 0 Å². The van der Waals surface area contributed by atoms with Gasteiger partial charge < -0.3 is 27.5 Å². The zero-order valence-electron chi connectivity index (χ0n) is 43.7. The molecule has 9 heteroatoms. The van der Waals surface area contributed by atoms with Crippen LogP contribution in [0.1, 0.15) is 16.7 Å². The van der Waals surface area contributed by atoms with E-state index in [1.807, 2.05) is 54.6 Å². The third-order valence-electron chi connectivity index (χ3n) is 16.1. The molecular weight excluding hydrogens is 1000 g/mol. The van der Waals surface area contributed by atoms with E-state index in [0.717, 1.165) is 66.3 Å². The van der Waals surface area contributed by atoms with Gasteiger partial charge in [-0.05, 0) is 71.3 Å². The van der Waals surface area contributed by atoms with Crippen LogP contribution in [0.5, 0.6) is 0 Å². The normalized spacial score (nSPS) is 21.2. The predicted octanol–water partition coefficient (Wildman–Crippen LogP) is 17.9. The average molecular weight is 1050 g/mol. The van der Waals surface area contributed by atoms with Crippen LogP contribution in [0.15, 0.2) is 304 Å². The van der Waals surface area contributed by atoms with Gasteiger partial charge in [0, 0.05) is 68.8 Å². The number of allylic oxidation sites excluding steroid dienone is 6. The summed E-state index contributed by atoms with van der Waals surface area (Å²) in [6.45, 7) is 0. The van der Waals surface area contributed by atoms with Gasteiger partial charge >= 0.3 is 0 Å². The van der Waals surface area contributed by atoms with E-state index in [9.17, 15) is 0 Å². The Balaban J connectivity index is 1.04. The van der Waals surface area contributed by atoms with Gasteiger partial charge in [0.2, 0.25) is 35.3 Å². The number of hydrogen-bond donors (Lipinski definition) is 0. The maximum Gasteiger partial charge on any atom is 0.208 e. The number of furan rings is 3. The van der Waals surface area contributed by atoms with Crippen molar-refractivity contribution in [1.29, 1.82) is 0 Å². The minimum atomic E-state index is -0.293. The van der Waals surface area contributed by atoms with E-state index in [1.165, 1.54) is 0 Å². The standard InChI is InChI=1S/C72H51N3O6/c1-4-22-46(23-5-1)67-55-31-13-19-37-61(55)79-70(67)73(64-40-49-28-10-16-34-58(49)76-64)52-43-53(74(65-41-50-29-11-17-35-59(50)77-65)71-68(47-24-6-2-7-25-47)56-32-14-20-38-62(56)80-71)45-54(44-52)75(66-42-51-30-12-18-36-60(51)78-66)72-69(48-26-8-3-9-27-48)57-33-15-21-39-63(57)81-72/h1-45,55-57,61-63H. The highest BCUT2D eigenvalue weighted by atomic mass is 16.5. The largest absolute Gasteiger partial charge is 0.470 e. The van der Waals surface area contributed by atoms with Crippen LogP contribution in [0, 0.1) is 17.8 Å². The number of rotatable bonds is 12. The van der Waals surface area contributed by atoms with Gasteiger partial charge in [0.25, 0.3) is 0 Å². The first-order valence-corrected chi connectivity index (χ1v) is 27.6. The van der Waals surface area contributed by atoms with Crippen molar-refractivity contribution >= 4 is 84.3 Å². The minimum Gasteiger partial charge on any atom is -0.470 e. The lowest BCUT2D eigenvalue weighted by Gasteiger charge is -2.31. The molecule has 6 heterocycles. The van der Waals surface area contributed by atoms with Crippen molar-refractivity contribution < 1.29 is 27.5 Å². The van der Waals surface area contributed by atoms with Crippen LogP contribution < -0.4 is 14.7 Å². The van der Waals surface area contributed by atoms with E-state index < -0.39 is 0 Å². The highest BCUT2D eigenvalue weighted by Gasteiger charge is 2.44. The Labute approximate surface area is 467 Å². The highest BCUT2D eigenvalue weighted by Crippen LogP contribution is 2.54. The van der Waals surface area contributed by atoms with Crippen LogP contribution in [0.25, 0.3) is 49.6 Å². The summed E-state index contributed by atoms with van der Waals surface area (Å²) in [6.07, 6.45) is 24.8. The lowest BCUT2D eigenvalue weighted by atomic mass is 9.87. The molecule has 6 aliphatic rings. The van der Waals surface area contributed by atoms with E-state index in [1.54, 1.807) is 0 Å². The van der Waals surface area contributed by atoms with Crippen LogP contribution >= 0.6 is 0 Å². The maximum atomic E-state index is 7.37. The predicted molar refractivity (Wildman–Crippen MR) is 322 cm³/mol. The zero-order valence-corrected chi connectivity index (χ0v) is 43.7. The first-order valence-electron chi connectivity index (χ1n) is 27.6. The number of anilines is 6. The molecule has 0 saturated heterocycles. The van der Waals surface area contributed by atoms with Crippen LogP contribution in [-0.2, 0) is 14.2 Å². The topological polar surface area (TPSA) is 76.8 Å². The van der Waals surface area contributed by atoms with Gasteiger partial charge in [-0.15, -0.1) is 0 Å². The molecular formula is C72H51N3O6. The first kappa shape index (κ1) is 46.7. The zero-order chi connectivity index (χ0) is 53.4. The van der Waals surface area contributed by atoms with E-state index in [4.69, 9.17) is 27.5 Å². The molecule has 0 amide bonds. The quantitative estimate of drug-likeness (QED) is 0.119. The molecule has 10 aromatic rings. The van der Waals surface area contributed by atoms with Crippen LogP contribution in [0.4, 0.5) is 34.7 Å². The molecule has 3 aromatic heterocycles. The van der Waals surface area contributed by atoms with E-state index >= 15 is 0 Å². The Morgan fingerprint density at radius 1 is 0.272 bits per heavy atom. The average Bonchev–Trinajstić information content (AvgIpc) is 4.43. The Hall–Kier alpha value is -10.4. The highest BCUT2D eigenvalue weighted by molar-refractivity contribution is 5.93. The molecule has 0 N–H and O–H groups in total. The fourth-order valence-electron chi connectivity index (χ4n) is 12.4. The third-order valence-corrected chi connectivity index (χ3v) is 16.1. The molecule has 3 aliphatic carbocycles. The molecule has 0 saturated carbocycles. The molecule has 7 aromatic carbocycles. The second-order valence-electron chi connectivity index (χ2n) is 21.0. The van der Waals surface area contributed by atoms with E-state index in [2.05, 4.69) is 233 Å². The number of para-hydroxylation sites is 3. The van der Waals surface area contributed by atoms with E-state index in [0.29, 0.717) is 52.4 Å². The van der Waals surface area contributed by atoms with Crippen molar-refractivity contribution in [2.24, 2.45) is 17.8 Å². The van der Waals surface area contributed by atoms with Gasteiger partial charge in [0.15, 0.2) is 0 Å². The Morgan fingerprint density at radius 2 is 0.543 bits per heavy atom. The van der Waals surface area contributed by atoms with E-state index in [-0.39, 0.29) is 36.1 Å². The SMILES string of the molecule is C1=CC2OC(N(c3cc(N(C4=C(c5ccccc5)C5C=CC=CC5O4)c4cc5ccccc5o4)cc(N(C4=C(c5ccccc5)C5C=CC=CC5O4)c4cc5ccccc5o4)c3)c3cc4ccccc4o3)=C(c3ccccc3)C2C=C1. The lowest BCUT2D eigenvalue weighted by molar-refractivity contribution is 0.161. The summed E-state index contributed by atoms with van der Waals surface area (Å²) >= 11 is 0. The summed E-state index contributed by atoms with van der Waals surface area (Å²) in [4.78, 5) is 6.43. The molecule has 16 rings (SSSR count). The molecule has 3 aliphatic heterocycles. The summed E-state index contributed by atoms with van der Waals surface area (Å²) in [5.74, 6) is 3.25. The summed E-state index contributed by atoms with van der Waals surface area (Å²) in [5.41, 5.74) is 10.5. The second kappa shape index (κ2) is 19.2. The van der Waals surface area contributed by atoms with Crippen LogP contribution in [-0.4, -0.2) is 18.3 Å². The summed E-state index contributed by atoms with van der Waals surface area (Å²) < 4.78 is 43.3. The van der Waals surface area contributed by atoms with Gasteiger partial charge in [-0.25, -0.2) is 0 Å². The summed E-state index contributed by atoms with van der Waals surface area (Å²) in [5, 5.41) is 2.83. The Bertz CT molecular complexity index is 3840. The molecule has 0 radical (unpaired) electrons. The molecule has 0 bridgehead atoms. The van der Waals surface area contributed by atoms with Crippen molar-refractivity contribution in [1.82, 2.24) is 0 Å². The summed E-state index contributed by atoms with van der Waals surface area (Å²) in [7, 11) is 0. The molecule has 0 fully saturated rings. The van der Waals surface area contributed by atoms with Crippen molar-refractivity contribution in [3.05, 3.63) is 307 Å². The smallest absolute Gasteiger partial charge is 0.208 e. The molecule has 6 unspecified atom stereocenters. The Kier molecular flexibility index (Phi) is 11.1.